The Hall–Kier alpha value is -0.550. The summed E-state index contributed by atoms with van der Waals surface area (Å²) in [7, 11) is 0. The number of nitriles is 1. The predicted molar refractivity (Wildman–Crippen MR) is 77.3 cm³/mol. The molecule has 1 saturated carbocycles. The molecule has 1 atom stereocenters. The molecular formula is C16H30N2. The molecule has 0 bridgehead atoms. The average molecular weight is 250 g/mol. The van der Waals surface area contributed by atoms with E-state index in [1.165, 1.54) is 32.1 Å². The van der Waals surface area contributed by atoms with Gasteiger partial charge in [0, 0.05) is 6.04 Å². The maximum absolute atomic E-state index is 8.95. The van der Waals surface area contributed by atoms with Gasteiger partial charge in [0.25, 0.3) is 0 Å². The topological polar surface area (TPSA) is 35.8 Å². The van der Waals surface area contributed by atoms with Crippen LogP contribution in [-0.2, 0) is 0 Å². The number of rotatable bonds is 6. The van der Waals surface area contributed by atoms with Crippen molar-refractivity contribution in [1.29, 1.82) is 5.26 Å². The fourth-order valence-electron chi connectivity index (χ4n) is 2.93. The second-order valence-electron chi connectivity index (χ2n) is 7.36. The Kier molecular flexibility index (Phi) is 5.66. The number of hydrogen-bond donors (Lipinski definition) is 1. The molecule has 18 heavy (non-hydrogen) atoms. The molecule has 1 fully saturated rings. The standard InChI is InChI=1S/C16H30N2/c1-15(2)10-7-8-14(12-15)18-11-6-5-9-16(3,4)13-17/h14,18H,5-12H2,1-4H3. The summed E-state index contributed by atoms with van der Waals surface area (Å²) in [5.74, 6) is 0. The number of nitrogens with one attached hydrogen (secondary N) is 1. The molecule has 1 N–H and O–H groups in total. The van der Waals surface area contributed by atoms with Crippen LogP contribution in [0.3, 0.4) is 0 Å². The first-order valence-electron chi connectivity index (χ1n) is 7.49. The third-order valence-electron chi connectivity index (χ3n) is 4.17. The lowest BCUT2D eigenvalue weighted by Gasteiger charge is -2.35. The number of unbranched alkanes of at least 4 members (excludes halogenated alkanes) is 1. The molecular weight excluding hydrogens is 220 g/mol. The molecule has 0 amide bonds. The van der Waals surface area contributed by atoms with E-state index >= 15 is 0 Å². The fourth-order valence-corrected chi connectivity index (χ4v) is 2.93. The molecule has 2 nitrogen and oxygen atoms in total. The molecule has 0 saturated heterocycles. The van der Waals surface area contributed by atoms with Crippen molar-refractivity contribution >= 4 is 0 Å². The Labute approximate surface area is 113 Å². The van der Waals surface area contributed by atoms with Crippen LogP contribution in [0.4, 0.5) is 0 Å². The van der Waals surface area contributed by atoms with E-state index in [1.807, 2.05) is 13.8 Å². The quantitative estimate of drug-likeness (QED) is 0.715. The van der Waals surface area contributed by atoms with E-state index in [1.54, 1.807) is 0 Å². The first-order chi connectivity index (χ1) is 8.35. The second-order valence-corrected chi connectivity index (χ2v) is 7.36. The van der Waals surface area contributed by atoms with Crippen LogP contribution in [0.2, 0.25) is 0 Å². The smallest absolute Gasteiger partial charge is 0.0683 e. The molecule has 0 aromatic heterocycles. The largest absolute Gasteiger partial charge is 0.314 e. The Morgan fingerprint density at radius 1 is 1.33 bits per heavy atom. The first-order valence-corrected chi connectivity index (χ1v) is 7.49. The molecule has 0 aromatic carbocycles. The summed E-state index contributed by atoms with van der Waals surface area (Å²) in [4.78, 5) is 0. The summed E-state index contributed by atoms with van der Waals surface area (Å²) in [6, 6.07) is 3.09. The predicted octanol–water partition coefficient (Wildman–Crippen LogP) is 4.26. The third kappa shape index (κ3) is 5.87. The van der Waals surface area contributed by atoms with Crippen LogP contribution in [0.5, 0.6) is 0 Å². The van der Waals surface area contributed by atoms with E-state index in [0.717, 1.165) is 25.4 Å². The highest BCUT2D eigenvalue weighted by Gasteiger charge is 2.27. The van der Waals surface area contributed by atoms with Gasteiger partial charge in [-0.3, -0.25) is 0 Å². The van der Waals surface area contributed by atoms with Crippen LogP contribution in [0.15, 0.2) is 0 Å². The summed E-state index contributed by atoms with van der Waals surface area (Å²) in [6.45, 7) is 9.95. The van der Waals surface area contributed by atoms with Crippen LogP contribution in [0, 0.1) is 22.2 Å². The molecule has 104 valence electrons. The Bertz CT molecular complexity index is 286. The Morgan fingerprint density at radius 2 is 2.06 bits per heavy atom. The van der Waals surface area contributed by atoms with E-state index in [4.69, 9.17) is 5.26 Å². The van der Waals surface area contributed by atoms with Crippen LogP contribution in [0.25, 0.3) is 0 Å². The summed E-state index contributed by atoms with van der Waals surface area (Å²) in [6.07, 6.45) is 8.77. The first kappa shape index (κ1) is 15.5. The van der Waals surface area contributed by atoms with Gasteiger partial charge in [0.05, 0.1) is 11.5 Å². The van der Waals surface area contributed by atoms with Gasteiger partial charge in [-0.1, -0.05) is 26.7 Å². The van der Waals surface area contributed by atoms with Gasteiger partial charge >= 0.3 is 0 Å². The van der Waals surface area contributed by atoms with Crippen molar-refractivity contribution in [2.45, 2.75) is 78.7 Å². The molecule has 0 aliphatic heterocycles. The Morgan fingerprint density at radius 3 is 2.67 bits per heavy atom. The molecule has 1 unspecified atom stereocenters. The maximum Gasteiger partial charge on any atom is 0.0683 e. The normalized spacial score (nSPS) is 23.6. The van der Waals surface area contributed by atoms with Crippen molar-refractivity contribution in [3.63, 3.8) is 0 Å². The van der Waals surface area contributed by atoms with Crippen molar-refractivity contribution in [2.75, 3.05) is 6.54 Å². The van der Waals surface area contributed by atoms with E-state index in [-0.39, 0.29) is 5.41 Å². The highest BCUT2D eigenvalue weighted by molar-refractivity contribution is 4.91. The zero-order chi connectivity index (χ0) is 13.6. The molecule has 1 aliphatic carbocycles. The lowest BCUT2D eigenvalue weighted by molar-refractivity contribution is 0.198. The van der Waals surface area contributed by atoms with E-state index in [2.05, 4.69) is 25.2 Å². The molecule has 0 heterocycles. The van der Waals surface area contributed by atoms with E-state index in [9.17, 15) is 0 Å². The molecule has 2 heteroatoms. The van der Waals surface area contributed by atoms with Gasteiger partial charge in [-0.25, -0.2) is 0 Å². The number of nitrogens with zero attached hydrogens (tertiary/aromatic N) is 1. The van der Waals surface area contributed by atoms with Crippen LogP contribution < -0.4 is 5.32 Å². The zero-order valence-electron chi connectivity index (χ0n) is 12.7. The van der Waals surface area contributed by atoms with Gasteiger partial charge in [-0.2, -0.15) is 5.26 Å². The zero-order valence-corrected chi connectivity index (χ0v) is 12.7. The van der Waals surface area contributed by atoms with E-state index < -0.39 is 0 Å². The minimum absolute atomic E-state index is 0.146. The van der Waals surface area contributed by atoms with Crippen molar-refractivity contribution in [3.05, 3.63) is 0 Å². The van der Waals surface area contributed by atoms with Crippen molar-refractivity contribution in [1.82, 2.24) is 5.32 Å². The van der Waals surface area contributed by atoms with Gasteiger partial charge in [0.15, 0.2) is 0 Å². The minimum atomic E-state index is -0.146. The average Bonchev–Trinajstić information content (AvgIpc) is 2.27. The molecule has 1 rings (SSSR count). The summed E-state index contributed by atoms with van der Waals surface area (Å²) in [5, 5.41) is 12.6. The fraction of sp³-hybridized carbons (Fsp3) is 0.938. The summed E-state index contributed by atoms with van der Waals surface area (Å²) >= 11 is 0. The summed E-state index contributed by atoms with van der Waals surface area (Å²) < 4.78 is 0. The lowest BCUT2D eigenvalue weighted by atomic mass is 9.75. The van der Waals surface area contributed by atoms with Gasteiger partial charge in [-0.15, -0.1) is 0 Å². The van der Waals surface area contributed by atoms with Crippen LogP contribution >= 0.6 is 0 Å². The lowest BCUT2D eigenvalue weighted by Crippen LogP contribution is -2.37. The van der Waals surface area contributed by atoms with Crippen molar-refractivity contribution in [3.8, 4) is 6.07 Å². The SMILES string of the molecule is CC(C)(C#N)CCCCNC1CCCC(C)(C)C1. The molecule has 1 aliphatic rings. The monoisotopic (exact) mass is 250 g/mol. The van der Waals surface area contributed by atoms with Gasteiger partial charge in [0.2, 0.25) is 0 Å². The van der Waals surface area contributed by atoms with Gasteiger partial charge in [-0.05, 0) is 57.9 Å². The maximum atomic E-state index is 8.95. The van der Waals surface area contributed by atoms with Crippen molar-refractivity contribution < 1.29 is 0 Å². The van der Waals surface area contributed by atoms with E-state index in [0.29, 0.717) is 5.41 Å². The molecule has 0 radical (unpaired) electrons. The second kappa shape index (κ2) is 6.57. The van der Waals surface area contributed by atoms with Crippen LogP contribution in [0.1, 0.15) is 72.6 Å². The Balaban J connectivity index is 2.10. The molecule has 0 aromatic rings. The third-order valence-corrected chi connectivity index (χ3v) is 4.17. The summed E-state index contributed by atoms with van der Waals surface area (Å²) in [5.41, 5.74) is 0.381. The minimum Gasteiger partial charge on any atom is -0.314 e. The van der Waals surface area contributed by atoms with Gasteiger partial charge in [0.1, 0.15) is 0 Å². The van der Waals surface area contributed by atoms with Crippen LogP contribution in [-0.4, -0.2) is 12.6 Å². The van der Waals surface area contributed by atoms with Gasteiger partial charge < -0.3 is 5.32 Å². The van der Waals surface area contributed by atoms with Crippen molar-refractivity contribution in [2.24, 2.45) is 10.8 Å². The highest BCUT2D eigenvalue weighted by atomic mass is 14.9. The molecule has 0 spiro atoms. The number of hydrogen-bond acceptors (Lipinski definition) is 2. The highest BCUT2D eigenvalue weighted by Crippen LogP contribution is 2.35.